The number of benzene rings is 2. The summed E-state index contributed by atoms with van der Waals surface area (Å²) in [6, 6.07) is 12.6. The molecular weight excluding hydrogens is 241 g/mol. The lowest BCUT2D eigenvalue weighted by molar-refractivity contribution is 0.340. The van der Waals surface area contributed by atoms with Crippen molar-refractivity contribution in [2.75, 3.05) is 13.7 Å². The Hall–Kier alpha value is -1.87. The van der Waals surface area contributed by atoms with Gasteiger partial charge in [-0.2, -0.15) is 0 Å². The fourth-order valence-electron chi connectivity index (χ4n) is 2.06. The van der Waals surface area contributed by atoms with E-state index >= 15 is 0 Å². The van der Waals surface area contributed by atoms with Crippen LogP contribution in [0.3, 0.4) is 0 Å². The van der Waals surface area contributed by atoms with E-state index in [1.165, 1.54) is 6.07 Å². The second-order valence-electron chi connectivity index (χ2n) is 4.29. The van der Waals surface area contributed by atoms with Crippen molar-refractivity contribution in [2.24, 2.45) is 0 Å². The molecule has 2 rings (SSSR count). The minimum absolute atomic E-state index is 0.219. The van der Waals surface area contributed by atoms with E-state index in [4.69, 9.17) is 4.74 Å². The third kappa shape index (κ3) is 3.32. The Morgan fingerprint density at radius 3 is 2.47 bits per heavy atom. The summed E-state index contributed by atoms with van der Waals surface area (Å²) >= 11 is 0. The normalized spacial score (nSPS) is 10.5. The first-order valence-corrected chi connectivity index (χ1v) is 6.41. The summed E-state index contributed by atoms with van der Waals surface area (Å²) < 4.78 is 18.8. The Morgan fingerprint density at radius 2 is 1.84 bits per heavy atom. The topological polar surface area (TPSA) is 21.3 Å². The molecule has 2 aromatic carbocycles. The largest absolute Gasteiger partial charge is 0.494 e. The first kappa shape index (κ1) is 13.6. The number of rotatable bonds is 5. The predicted molar refractivity (Wildman–Crippen MR) is 75.8 cm³/mol. The van der Waals surface area contributed by atoms with Crippen molar-refractivity contribution >= 4 is 0 Å². The van der Waals surface area contributed by atoms with Crippen LogP contribution in [0.4, 0.5) is 4.39 Å². The highest BCUT2D eigenvalue weighted by Crippen LogP contribution is 2.26. The van der Waals surface area contributed by atoms with Gasteiger partial charge in [0.25, 0.3) is 0 Å². The second-order valence-corrected chi connectivity index (χ2v) is 4.29. The Bertz CT molecular complexity index is 537. The van der Waals surface area contributed by atoms with Crippen LogP contribution < -0.4 is 10.1 Å². The summed E-state index contributed by atoms with van der Waals surface area (Å²) in [6.45, 7) is 3.30. The van der Waals surface area contributed by atoms with Crippen molar-refractivity contribution in [1.29, 1.82) is 0 Å². The van der Waals surface area contributed by atoms with Crippen LogP contribution in [-0.4, -0.2) is 13.7 Å². The number of ether oxygens (including phenoxy) is 1. The van der Waals surface area contributed by atoms with Crippen molar-refractivity contribution in [2.45, 2.75) is 13.5 Å². The molecule has 2 aromatic rings. The van der Waals surface area contributed by atoms with Crippen LogP contribution in [-0.2, 0) is 6.54 Å². The fraction of sp³-hybridized carbons (Fsp3) is 0.250. The minimum Gasteiger partial charge on any atom is -0.494 e. The summed E-state index contributed by atoms with van der Waals surface area (Å²) in [5.74, 6) is 0.613. The number of hydrogen-bond donors (Lipinski definition) is 1. The van der Waals surface area contributed by atoms with Crippen molar-refractivity contribution in [1.82, 2.24) is 5.32 Å². The highest BCUT2D eigenvalue weighted by molar-refractivity contribution is 5.68. The molecule has 19 heavy (non-hydrogen) atoms. The monoisotopic (exact) mass is 259 g/mol. The average Bonchev–Trinajstić information content (AvgIpc) is 2.42. The van der Waals surface area contributed by atoms with E-state index in [-0.39, 0.29) is 5.82 Å². The highest BCUT2D eigenvalue weighted by atomic mass is 19.1. The first-order valence-electron chi connectivity index (χ1n) is 6.41. The molecule has 0 bridgehead atoms. The van der Waals surface area contributed by atoms with E-state index in [9.17, 15) is 4.39 Å². The van der Waals surface area contributed by atoms with Gasteiger partial charge in [-0.05, 0) is 54.9 Å². The highest BCUT2D eigenvalue weighted by Gasteiger charge is 2.06. The van der Waals surface area contributed by atoms with Crippen LogP contribution in [0.25, 0.3) is 11.1 Å². The minimum atomic E-state index is -0.219. The quantitative estimate of drug-likeness (QED) is 0.885. The van der Waals surface area contributed by atoms with Gasteiger partial charge >= 0.3 is 0 Å². The lowest BCUT2D eigenvalue weighted by atomic mass is 9.99. The molecule has 0 heterocycles. The molecule has 0 aliphatic carbocycles. The zero-order chi connectivity index (χ0) is 13.7. The molecule has 0 aliphatic rings. The molecule has 0 atom stereocenters. The molecule has 0 saturated heterocycles. The number of halogens is 1. The molecule has 0 spiro atoms. The molecule has 0 amide bonds. The molecule has 100 valence electrons. The van der Waals surface area contributed by atoms with E-state index in [0.717, 1.165) is 22.4 Å². The van der Waals surface area contributed by atoms with Gasteiger partial charge in [-0.15, -0.1) is 0 Å². The van der Waals surface area contributed by atoms with Crippen molar-refractivity contribution in [3.63, 3.8) is 0 Å². The van der Waals surface area contributed by atoms with Crippen molar-refractivity contribution in [3.8, 4) is 16.9 Å². The maximum atomic E-state index is 13.4. The van der Waals surface area contributed by atoms with Crippen LogP contribution in [0.2, 0.25) is 0 Å². The van der Waals surface area contributed by atoms with Crippen LogP contribution in [0.1, 0.15) is 12.5 Å². The zero-order valence-electron chi connectivity index (χ0n) is 11.2. The molecule has 0 aromatic heterocycles. The molecule has 0 saturated carbocycles. The van der Waals surface area contributed by atoms with Crippen LogP contribution in [0, 0.1) is 5.82 Å². The predicted octanol–water partition coefficient (Wildman–Crippen LogP) is 3.61. The van der Waals surface area contributed by atoms with Gasteiger partial charge in [0.15, 0.2) is 0 Å². The van der Waals surface area contributed by atoms with Crippen molar-refractivity contribution < 1.29 is 9.13 Å². The Balaban J connectivity index is 2.36. The lowest BCUT2D eigenvalue weighted by Gasteiger charge is -2.10. The molecular formula is C16H18FNO. The Morgan fingerprint density at radius 1 is 1.11 bits per heavy atom. The number of hydrogen-bond acceptors (Lipinski definition) is 2. The second kappa shape index (κ2) is 6.34. The summed E-state index contributed by atoms with van der Waals surface area (Å²) in [7, 11) is 1.88. The summed E-state index contributed by atoms with van der Waals surface area (Å²) in [5, 5.41) is 3.10. The summed E-state index contributed by atoms with van der Waals surface area (Å²) in [5.41, 5.74) is 2.98. The van der Waals surface area contributed by atoms with Crippen molar-refractivity contribution in [3.05, 3.63) is 53.8 Å². The third-order valence-electron chi connectivity index (χ3n) is 2.92. The maximum absolute atomic E-state index is 13.4. The molecule has 0 radical (unpaired) electrons. The van der Waals surface area contributed by atoms with Gasteiger partial charge in [0, 0.05) is 6.54 Å². The zero-order valence-corrected chi connectivity index (χ0v) is 11.2. The summed E-state index contributed by atoms with van der Waals surface area (Å²) in [4.78, 5) is 0. The molecule has 0 fully saturated rings. The van der Waals surface area contributed by atoms with E-state index in [1.807, 2.05) is 44.3 Å². The van der Waals surface area contributed by atoms with E-state index < -0.39 is 0 Å². The maximum Gasteiger partial charge on any atom is 0.123 e. The Labute approximate surface area is 113 Å². The first-order chi connectivity index (χ1) is 9.24. The molecule has 0 unspecified atom stereocenters. The Kier molecular flexibility index (Phi) is 4.53. The average molecular weight is 259 g/mol. The summed E-state index contributed by atoms with van der Waals surface area (Å²) in [6.07, 6.45) is 0. The molecule has 0 aliphatic heterocycles. The van der Waals surface area contributed by atoms with Crippen LogP contribution >= 0.6 is 0 Å². The smallest absolute Gasteiger partial charge is 0.123 e. The third-order valence-corrected chi connectivity index (χ3v) is 2.92. The van der Waals surface area contributed by atoms with Gasteiger partial charge in [-0.3, -0.25) is 0 Å². The van der Waals surface area contributed by atoms with Crippen LogP contribution in [0.5, 0.6) is 5.75 Å². The standard InChI is InChI=1S/C16H18FNO/c1-3-19-15-8-5-12(6-9-15)16-10-14(17)7-4-13(16)11-18-2/h4-10,18H,3,11H2,1-2H3. The lowest BCUT2D eigenvalue weighted by Crippen LogP contribution is -2.06. The van der Waals surface area contributed by atoms with E-state index in [2.05, 4.69) is 5.32 Å². The van der Waals surface area contributed by atoms with Gasteiger partial charge in [0.05, 0.1) is 6.61 Å². The van der Waals surface area contributed by atoms with Gasteiger partial charge < -0.3 is 10.1 Å². The molecule has 3 heteroatoms. The van der Waals surface area contributed by atoms with Gasteiger partial charge in [-0.25, -0.2) is 4.39 Å². The fourth-order valence-corrected chi connectivity index (χ4v) is 2.06. The SMILES string of the molecule is CCOc1ccc(-c2cc(F)ccc2CNC)cc1. The van der Waals surface area contributed by atoms with Gasteiger partial charge in [0.2, 0.25) is 0 Å². The van der Waals surface area contributed by atoms with Gasteiger partial charge in [-0.1, -0.05) is 18.2 Å². The van der Waals surface area contributed by atoms with E-state index in [0.29, 0.717) is 13.2 Å². The number of nitrogens with one attached hydrogen (secondary N) is 1. The van der Waals surface area contributed by atoms with Gasteiger partial charge in [0.1, 0.15) is 11.6 Å². The van der Waals surface area contributed by atoms with E-state index in [1.54, 1.807) is 6.07 Å². The molecule has 2 nitrogen and oxygen atoms in total. The molecule has 1 N–H and O–H groups in total. The van der Waals surface area contributed by atoms with Crippen LogP contribution in [0.15, 0.2) is 42.5 Å².